The molecule has 1 saturated carbocycles. The van der Waals surface area contributed by atoms with E-state index in [2.05, 4.69) is 15.5 Å². The van der Waals surface area contributed by atoms with Gasteiger partial charge < -0.3 is 5.32 Å². The third kappa shape index (κ3) is 3.15. The molecule has 1 aliphatic carbocycles. The van der Waals surface area contributed by atoms with Crippen molar-refractivity contribution in [2.75, 3.05) is 11.6 Å². The van der Waals surface area contributed by atoms with Crippen molar-refractivity contribution in [3.8, 4) is 11.1 Å². The molecule has 0 aliphatic heterocycles. The quantitative estimate of drug-likeness (QED) is 0.752. The van der Waals surface area contributed by atoms with Crippen molar-refractivity contribution >= 4 is 32.5 Å². The number of sulfone groups is 1. The fourth-order valence-corrected chi connectivity index (χ4v) is 3.38. The van der Waals surface area contributed by atoms with E-state index in [1.54, 1.807) is 24.3 Å². The van der Waals surface area contributed by atoms with Gasteiger partial charge in [0.25, 0.3) is 0 Å². The molecule has 0 radical (unpaired) electrons. The number of benzene rings is 2. The SMILES string of the molecule is CS(=O)(=O)c1ccc(-c2ccc3c(NC(=O)C4CC4)n[nH]c3c2)cc1. The molecule has 6 nitrogen and oxygen atoms in total. The molecule has 0 spiro atoms. The highest BCUT2D eigenvalue weighted by molar-refractivity contribution is 7.90. The maximum absolute atomic E-state index is 11.9. The fraction of sp³-hybridized carbons (Fsp3) is 0.222. The van der Waals surface area contributed by atoms with E-state index in [0.29, 0.717) is 10.7 Å². The molecular formula is C18H17N3O3S. The van der Waals surface area contributed by atoms with E-state index < -0.39 is 9.84 Å². The van der Waals surface area contributed by atoms with E-state index in [-0.39, 0.29) is 11.8 Å². The second kappa shape index (κ2) is 5.70. The predicted octanol–water partition coefficient (Wildman–Crippen LogP) is 2.98. The van der Waals surface area contributed by atoms with E-state index in [4.69, 9.17) is 0 Å². The number of aromatic nitrogens is 2. The second-order valence-electron chi connectivity index (χ2n) is 6.39. The topological polar surface area (TPSA) is 91.9 Å². The molecule has 0 atom stereocenters. The smallest absolute Gasteiger partial charge is 0.228 e. The number of aromatic amines is 1. The first-order chi connectivity index (χ1) is 11.9. The largest absolute Gasteiger partial charge is 0.308 e. The molecule has 0 saturated heterocycles. The number of nitrogens with one attached hydrogen (secondary N) is 2. The van der Waals surface area contributed by atoms with Crippen LogP contribution in [0.4, 0.5) is 5.82 Å². The first-order valence-electron chi connectivity index (χ1n) is 8.01. The monoisotopic (exact) mass is 355 g/mol. The summed E-state index contributed by atoms with van der Waals surface area (Å²) in [6, 6.07) is 12.5. The Balaban J connectivity index is 1.64. The lowest BCUT2D eigenvalue weighted by molar-refractivity contribution is -0.117. The van der Waals surface area contributed by atoms with E-state index >= 15 is 0 Å². The number of carbonyl (C=O) groups is 1. The summed E-state index contributed by atoms with van der Waals surface area (Å²) >= 11 is 0. The van der Waals surface area contributed by atoms with Crippen molar-refractivity contribution in [3.63, 3.8) is 0 Å². The van der Waals surface area contributed by atoms with Crippen LogP contribution in [0.1, 0.15) is 12.8 Å². The molecule has 128 valence electrons. The standard InChI is InChI=1S/C18H17N3O3S/c1-25(23,24)14-7-4-11(5-8-14)13-6-9-15-16(10-13)20-21-17(15)19-18(22)12-2-3-12/h4-10,12H,2-3H2,1H3,(H2,19,20,21,22). The van der Waals surface area contributed by atoms with Gasteiger partial charge in [-0.15, -0.1) is 0 Å². The Morgan fingerprint density at radius 3 is 2.44 bits per heavy atom. The highest BCUT2D eigenvalue weighted by Gasteiger charge is 2.30. The molecule has 2 aromatic carbocycles. The van der Waals surface area contributed by atoms with Crippen molar-refractivity contribution in [2.24, 2.45) is 5.92 Å². The summed E-state index contributed by atoms with van der Waals surface area (Å²) in [4.78, 5) is 12.2. The molecule has 1 amide bonds. The lowest BCUT2D eigenvalue weighted by Gasteiger charge is -2.04. The van der Waals surface area contributed by atoms with Crippen LogP contribution in [0.5, 0.6) is 0 Å². The zero-order valence-electron chi connectivity index (χ0n) is 13.6. The normalized spacial score (nSPS) is 14.6. The average Bonchev–Trinajstić information content (AvgIpc) is 3.37. The van der Waals surface area contributed by atoms with E-state index in [0.717, 1.165) is 34.9 Å². The highest BCUT2D eigenvalue weighted by Crippen LogP contribution is 2.32. The van der Waals surface area contributed by atoms with Crippen LogP contribution < -0.4 is 5.32 Å². The van der Waals surface area contributed by atoms with Crippen molar-refractivity contribution in [2.45, 2.75) is 17.7 Å². The maximum Gasteiger partial charge on any atom is 0.228 e. The minimum Gasteiger partial charge on any atom is -0.308 e. The van der Waals surface area contributed by atoms with Crippen LogP contribution in [0.25, 0.3) is 22.0 Å². The molecule has 1 heterocycles. The number of amides is 1. The average molecular weight is 355 g/mol. The lowest BCUT2D eigenvalue weighted by atomic mass is 10.0. The van der Waals surface area contributed by atoms with Gasteiger partial charge in [0.15, 0.2) is 15.7 Å². The number of hydrogen-bond donors (Lipinski definition) is 2. The van der Waals surface area contributed by atoms with Gasteiger partial charge in [-0.05, 0) is 48.2 Å². The lowest BCUT2D eigenvalue weighted by Crippen LogP contribution is -2.13. The third-order valence-electron chi connectivity index (χ3n) is 4.37. The van der Waals surface area contributed by atoms with Crippen LogP contribution >= 0.6 is 0 Å². The molecule has 0 bridgehead atoms. The number of H-pyrrole nitrogens is 1. The Morgan fingerprint density at radius 1 is 1.12 bits per heavy atom. The number of rotatable bonds is 4. The fourth-order valence-electron chi connectivity index (χ4n) is 2.75. The van der Waals surface area contributed by atoms with Crippen molar-refractivity contribution in [1.82, 2.24) is 10.2 Å². The number of nitrogens with zero attached hydrogens (tertiary/aromatic N) is 1. The molecule has 0 unspecified atom stereocenters. The van der Waals surface area contributed by atoms with Gasteiger partial charge in [0.1, 0.15) is 0 Å². The van der Waals surface area contributed by atoms with Crippen LogP contribution in [-0.2, 0) is 14.6 Å². The Labute approximate surface area is 145 Å². The van der Waals surface area contributed by atoms with E-state index in [1.165, 1.54) is 6.26 Å². The van der Waals surface area contributed by atoms with Gasteiger partial charge >= 0.3 is 0 Å². The summed E-state index contributed by atoms with van der Waals surface area (Å²) in [6.07, 6.45) is 3.08. The van der Waals surface area contributed by atoms with Gasteiger partial charge in [0.2, 0.25) is 5.91 Å². The molecule has 1 fully saturated rings. The summed E-state index contributed by atoms with van der Waals surface area (Å²) in [5.41, 5.74) is 2.67. The summed E-state index contributed by atoms with van der Waals surface area (Å²) in [5.74, 6) is 0.694. The molecule has 2 N–H and O–H groups in total. The van der Waals surface area contributed by atoms with Gasteiger partial charge in [-0.2, -0.15) is 5.10 Å². The number of fused-ring (bicyclic) bond motifs is 1. The first-order valence-corrected chi connectivity index (χ1v) is 9.90. The molecule has 1 aromatic heterocycles. The first kappa shape index (κ1) is 15.8. The zero-order valence-corrected chi connectivity index (χ0v) is 14.4. The predicted molar refractivity (Wildman–Crippen MR) is 96.0 cm³/mol. The van der Waals surface area contributed by atoms with Gasteiger partial charge in [-0.25, -0.2) is 8.42 Å². The van der Waals surface area contributed by atoms with E-state index in [9.17, 15) is 13.2 Å². The zero-order chi connectivity index (χ0) is 17.6. The van der Waals surface area contributed by atoms with Crippen molar-refractivity contribution < 1.29 is 13.2 Å². The molecule has 3 aromatic rings. The number of hydrogen-bond acceptors (Lipinski definition) is 4. The van der Waals surface area contributed by atoms with Crippen LogP contribution in [-0.4, -0.2) is 30.8 Å². The molecule has 25 heavy (non-hydrogen) atoms. The van der Waals surface area contributed by atoms with Crippen LogP contribution in [0.2, 0.25) is 0 Å². The van der Waals surface area contributed by atoms with Crippen molar-refractivity contribution in [1.29, 1.82) is 0 Å². The number of carbonyl (C=O) groups excluding carboxylic acids is 1. The molecule has 1 aliphatic rings. The minimum absolute atomic E-state index is 0.0221. The second-order valence-corrected chi connectivity index (χ2v) is 8.41. The van der Waals surface area contributed by atoms with Gasteiger partial charge in [-0.3, -0.25) is 9.89 Å². The van der Waals surface area contributed by atoms with Crippen LogP contribution in [0.3, 0.4) is 0 Å². The third-order valence-corrected chi connectivity index (χ3v) is 5.50. The minimum atomic E-state index is -3.20. The van der Waals surface area contributed by atoms with Gasteiger partial charge in [0.05, 0.1) is 10.4 Å². The summed E-state index contributed by atoms with van der Waals surface area (Å²) in [6.45, 7) is 0. The van der Waals surface area contributed by atoms with Gasteiger partial charge in [-0.1, -0.05) is 18.2 Å². The summed E-state index contributed by atoms with van der Waals surface area (Å²) < 4.78 is 23.1. The summed E-state index contributed by atoms with van der Waals surface area (Å²) in [5, 5.41) is 10.8. The Kier molecular flexibility index (Phi) is 3.61. The maximum atomic E-state index is 11.9. The Morgan fingerprint density at radius 2 is 1.80 bits per heavy atom. The van der Waals surface area contributed by atoms with Crippen LogP contribution in [0.15, 0.2) is 47.4 Å². The Hall–Kier alpha value is -2.67. The van der Waals surface area contributed by atoms with Crippen molar-refractivity contribution in [3.05, 3.63) is 42.5 Å². The number of anilines is 1. The highest BCUT2D eigenvalue weighted by atomic mass is 32.2. The van der Waals surface area contributed by atoms with Crippen LogP contribution in [0, 0.1) is 5.92 Å². The molecular weight excluding hydrogens is 338 g/mol. The molecule has 4 rings (SSSR count). The van der Waals surface area contributed by atoms with Gasteiger partial charge in [0, 0.05) is 17.6 Å². The molecule has 7 heteroatoms. The summed E-state index contributed by atoms with van der Waals surface area (Å²) in [7, 11) is -3.20. The Bertz CT molecular complexity index is 1060. The van der Waals surface area contributed by atoms with E-state index in [1.807, 2.05) is 18.2 Å².